The molecule has 0 bridgehead atoms. The van der Waals surface area contributed by atoms with E-state index in [0.717, 1.165) is 40.9 Å². The van der Waals surface area contributed by atoms with Crippen molar-refractivity contribution >= 4 is 15.9 Å². The van der Waals surface area contributed by atoms with Gasteiger partial charge in [0.15, 0.2) is 0 Å². The summed E-state index contributed by atoms with van der Waals surface area (Å²) >= 11 is 3.44. The lowest BCUT2D eigenvalue weighted by Crippen LogP contribution is -2.21. The molecule has 0 saturated heterocycles. The van der Waals surface area contributed by atoms with Gasteiger partial charge in [-0.1, -0.05) is 28.1 Å². The van der Waals surface area contributed by atoms with E-state index in [1.54, 1.807) is 0 Å². The molecule has 0 radical (unpaired) electrons. The molecule has 0 fully saturated rings. The van der Waals surface area contributed by atoms with Crippen LogP contribution in [0.5, 0.6) is 0 Å². The lowest BCUT2D eigenvalue weighted by Gasteiger charge is -2.20. The highest BCUT2D eigenvalue weighted by molar-refractivity contribution is 9.10. The Morgan fingerprint density at radius 2 is 2.11 bits per heavy atom. The summed E-state index contributed by atoms with van der Waals surface area (Å²) in [6.45, 7) is 1.23. The van der Waals surface area contributed by atoms with Crippen molar-refractivity contribution in [2.75, 3.05) is 6.61 Å². The third kappa shape index (κ3) is 2.22. The number of benzene rings is 1. The lowest BCUT2D eigenvalue weighted by molar-refractivity contribution is 0.199. The first-order valence-corrected chi connectivity index (χ1v) is 6.98. The average Bonchev–Trinajstić information content (AvgIpc) is 2.82. The molecule has 18 heavy (non-hydrogen) atoms. The first-order valence-electron chi connectivity index (χ1n) is 6.19. The van der Waals surface area contributed by atoms with Crippen LogP contribution in [0.25, 0.3) is 11.3 Å². The van der Waals surface area contributed by atoms with Crippen molar-refractivity contribution in [3.05, 3.63) is 40.8 Å². The molecule has 1 N–H and O–H groups in total. The van der Waals surface area contributed by atoms with E-state index in [4.69, 9.17) is 0 Å². The van der Waals surface area contributed by atoms with Crippen LogP contribution in [-0.4, -0.2) is 21.3 Å². The maximum Gasteiger partial charge on any atom is 0.109 e. The molecule has 94 valence electrons. The number of hydrogen-bond donors (Lipinski definition) is 1. The van der Waals surface area contributed by atoms with Crippen molar-refractivity contribution in [3.8, 4) is 11.3 Å². The molecule has 1 atom stereocenters. The van der Waals surface area contributed by atoms with Gasteiger partial charge in [0.1, 0.15) is 5.82 Å². The highest BCUT2D eigenvalue weighted by Crippen LogP contribution is 2.25. The Bertz CT molecular complexity index is 547. The van der Waals surface area contributed by atoms with Crippen LogP contribution >= 0.6 is 15.9 Å². The van der Waals surface area contributed by atoms with Crippen molar-refractivity contribution < 1.29 is 5.11 Å². The van der Waals surface area contributed by atoms with Crippen molar-refractivity contribution in [2.24, 2.45) is 5.92 Å². The third-order valence-corrected chi connectivity index (χ3v) is 4.04. The quantitative estimate of drug-likeness (QED) is 0.926. The molecule has 1 unspecified atom stereocenters. The first-order chi connectivity index (χ1) is 8.76. The Hall–Kier alpha value is -1.13. The van der Waals surface area contributed by atoms with Crippen LogP contribution in [-0.2, 0) is 13.0 Å². The lowest BCUT2D eigenvalue weighted by atomic mass is 9.99. The topological polar surface area (TPSA) is 38.0 Å². The molecular weight excluding hydrogens is 292 g/mol. The maximum absolute atomic E-state index is 9.23. The third-order valence-electron chi connectivity index (χ3n) is 3.51. The number of aliphatic hydroxyl groups excluding tert-OH is 1. The van der Waals surface area contributed by atoms with Crippen molar-refractivity contribution in [2.45, 2.75) is 19.4 Å². The van der Waals surface area contributed by atoms with E-state index >= 15 is 0 Å². The minimum atomic E-state index is 0.264. The number of nitrogens with zero attached hydrogens (tertiary/aromatic N) is 2. The molecule has 1 aromatic carbocycles. The van der Waals surface area contributed by atoms with Gasteiger partial charge in [0.2, 0.25) is 0 Å². The highest BCUT2D eigenvalue weighted by Gasteiger charge is 2.20. The Morgan fingerprint density at radius 3 is 2.83 bits per heavy atom. The fraction of sp³-hybridized carbons (Fsp3) is 0.357. The van der Waals surface area contributed by atoms with Crippen LogP contribution in [0.15, 0.2) is 34.9 Å². The average molecular weight is 307 g/mol. The first kappa shape index (κ1) is 11.9. The summed E-state index contributed by atoms with van der Waals surface area (Å²) in [6, 6.07) is 8.21. The maximum atomic E-state index is 9.23. The molecule has 1 aliphatic rings. The van der Waals surface area contributed by atoms with Gasteiger partial charge in [-0.25, -0.2) is 4.98 Å². The van der Waals surface area contributed by atoms with Gasteiger partial charge in [-0.15, -0.1) is 0 Å². The largest absolute Gasteiger partial charge is 0.396 e. The van der Waals surface area contributed by atoms with E-state index < -0.39 is 0 Å². The van der Waals surface area contributed by atoms with Crippen LogP contribution in [0.1, 0.15) is 12.2 Å². The number of aliphatic hydroxyl groups is 1. The molecule has 3 rings (SSSR count). The van der Waals surface area contributed by atoms with Gasteiger partial charge in [-0.05, 0) is 24.5 Å². The summed E-state index contributed by atoms with van der Waals surface area (Å²) in [7, 11) is 0. The number of imidazole rings is 1. The molecule has 0 aliphatic carbocycles. The summed E-state index contributed by atoms with van der Waals surface area (Å²) in [4.78, 5) is 4.69. The van der Waals surface area contributed by atoms with Crippen LogP contribution in [0, 0.1) is 5.92 Å². The molecule has 2 aromatic rings. The smallest absolute Gasteiger partial charge is 0.109 e. The van der Waals surface area contributed by atoms with Gasteiger partial charge in [-0.3, -0.25) is 0 Å². The molecule has 0 spiro atoms. The molecule has 0 amide bonds. The fourth-order valence-electron chi connectivity index (χ4n) is 2.41. The van der Waals surface area contributed by atoms with Gasteiger partial charge >= 0.3 is 0 Å². The number of aryl methyl sites for hydroxylation is 1. The number of fused-ring (bicyclic) bond motifs is 1. The summed E-state index contributed by atoms with van der Waals surface area (Å²) < 4.78 is 3.29. The van der Waals surface area contributed by atoms with Gasteiger partial charge in [0.05, 0.1) is 5.69 Å². The van der Waals surface area contributed by atoms with Gasteiger partial charge in [-0.2, -0.15) is 0 Å². The Morgan fingerprint density at radius 1 is 1.33 bits per heavy atom. The van der Waals surface area contributed by atoms with Crippen molar-refractivity contribution in [1.29, 1.82) is 0 Å². The second kappa shape index (κ2) is 4.86. The van der Waals surface area contributed by atoms with E-state index in [2.05, 4.69) is 43.8 Å². The van der Waals surface area contributed by atoms with Crippen LogP contribution < -0.4 is 0 Å². The molecule has 2 heterocycles. The Balaban J connectivity index is 1.91. The van der Waals surface area contributed by atoms with Gasteiger partial charge in [0, 0.05) is 35.8 Å². The molecule has 4 heteroatoms. The number of rotatable bonds is 2. The predicted octanol–water partition coefficient (Wildman–Crippen LogP) is 2.87. The molecule has 3 nitrogen and oxygen atoms in total. The normalized spacial score (nSPS) is 18.7. The summed E-state index contributed by atoms with van der Waals surface area (Å²) in [5.41, 5.74) is 2.16. The van der Waals surface area contributed by atoms with Gasteiger partial charge in [0.25, 0.3) is 0 Å². The summed E-state index contributed by atoms with van der Waals surface area (Å²) in [5, 5.41) is 9.23. The molecule has 0 saturated carbocycles. The van der Waals surface area contributed by atoms with Gasteiger partial charge < -0.3 is 9.67 Å². The van der Waals surface area contributed by atoms with E-state index in [-0.39, 0.29) is 6.61 Å². The number of hydrogen-bond acceptors (Lipinski definition) is 2. The van der Waals surface area contributed by atoms with Crippen molar-refractivity contribution in [3.63, 3.8) is 0 Å². The van der Waals surface area contributed by atoms with E-state index in [1.807, 2.05) is 12.1 Å². The zero-order valence-electron chi connectivity index (χ0n) is 10.0. The molecule has 1 aliphatic heterocycles. The Kier molecular flexibility index (Phi) is 3.22. The second-order valence-corrected chi connectivity index (χ2v) is 5.70. The predicted molar refractivity (Wildman–Crippen MR) is 74.3 cm³/mol. The zero-order valence-corrected chi connectivity index (χ0v) is 11.6. The molecule has 1 aromatic heterocycles. The van der Waals surface area contributed by atoms with E-state index in [9.17, 15) is 5.11 Å². The van der Waals surface area contributed by atoms with E-state index in [0.29, 0.717) is 5.92 Å². The van der Waals surface area contributed by atoms with Crippen molar-refractivity contribution in [1.82, 2.24) is 9.55 Å². The SMILES string of the molecule is OCC1CCn2cc(-c3ccc(Br)cc3)nc2C1. The van der Waals surface area contributed by atoms with Crippen LogP contribution in [0.3, 0.4) is 0 Å². The second-order valence-electron chi connectivity index (χ2n) is 4.78. The van der Waals surface area contributed by atoms with Crippen LogP contribution in [0.2, 0.25) is 0 Å². The summed E-state index contributed by atoms with van der Waals surface area (Å²) in [5.74, 6) is 1.47. The minimum Gasteiger partial charge on any atom is -0.396 e. The fourth-order valence-corrected chi connectivity index (χ4v) is 2.67. The summed E-state index contributed by atoms with van der Waals surface area (Å²) in [6.07, 6.45) is 4.04. The highest BCUT2D eigenvalue weighted by atomic mass is 79.9. The van der Waals surface area contributed by atoms with Crippen LogP contribution in [0.4, 0.5) is 0 Å². The Labute approximate surface area is 115 Å². The van der Waals surface area contributed by atoms with E-state index in [1.165, 1.54) is 0 Å². The molecular formula is C14H15BrN2O. The monoisotopic (exact) mass is 306 g/mol. The standard InChI is InChI=1S/C14H15BrN2O/c15-12-3-1-11(2-4-12)13-8-17-6-5-10(9-18)7-14(17)16-13/h1-4,8,10,18H,5-7,9H2. The zero-order chi connectivity index (χ0) is 12.5. The number of aromatic nitrogens is 2. The number of halogens is 1. The minimum absolute atomic E-state index is 0.264.